The SMILES string of the molecule is COC(=O)c1ccc(C2(NC(=O)[C@H]3CCCCN3Cc3cccc(C)c3)CC2)cc1. The molecule has 1 aliphatic carbocycles. The lowest BCUT2D eigenvalue weighted by atomic mass is 9.98. The van der Waals surface area contributed by atoms with E-state index in [0.29, 0.717) is 5.56 Å². The van der Waals surface area contributed by atoms with Crippen molar-refractivity contribution in [2.75, 3.05) is 13.7 Å². The summed E-state index contributed by atoms with van der Waals surface area (Å²) in [5.41, 5.74) is 3.80. The number of carbonyl (C=O) groups excluding carboxylic acids is 2. The second-order valence-corrected chi connectivity index (χ2v) is 8.61. The van der Waals surface area contributed by atoms with Crippen LogP contribution in [0, 0.1) is 6.92 Å². The van der Waals surface area contributed by atoms with Crippen molar-refractivity contribution in [1.82, 2.24) is 10.2 Å². The first kappa shape index (κ1) is 20.6. The quantitative estimate of drug-likeness (QED) is 0.738. The molecule has 30 heavy (non-hydrogen) atoms. The zero-order valence-corrected chi connectivity index (χ0v) is 17.8. The highest BCUT2D eigenvalue weighted by molar-refractivity contribution is 5.89. The van der Waals surface area contributed by atoms with Crippen LogP contribution in [0.15, 0.2) is 48.5 Å². The van der Waals surface area contributed by atoms with E-state index in [1.807, 2.05) is 12.1 Å². The third-order valence-electron chi connectivity index (χ3n) is 6.36. The molecule has 0 bridgehead atoms. The fraction of sp³-hybridized carbons (Fsp3) is 0.440. The van der Waals surface area contributed by atoms with Gasteiger partial charge in [0, 0.05) is 6.54 Å². The fourth-order valence-electron chi connectivity index (χ4n) is 4.50. The summed E-state index contributed by atoms with van der Waals surface area (Å²) in [5, 5.41) is 3.35. The Balaban J connectivity index is 1.45. The van der Waals surface area contributed by atoms with Crippen LogP contribution in [0.3, 0.4) is 0 Å². The molecule has 0 aromatic heterocycles. The van der Waals surface area contributed by atoms with Crippen LogP contribution < -0.4 is 5.32 Å². The van der Waals surface area contributed by atoms with Crippen molar-refractivity contribution < 1.29 is 14.3 Å². The highest BCUT2D eigenvalue weighted by Crippen LogP contribution is 2.45. The van der Waals surface area contributed by atoms with Gasteiger partial charge in [-0.2, -0.15) is 0 Å². The molecule has 2 aromatic carbocycles. The largest absolute Gasteiger partial charge is 0.465 e. The van der Waals surface area contributed by atoms with Crippen molar-refractivity contribution >= 4 is 11.9 Å². The molecule has 0 radical (unpaired) electrons. The van der Waals surface area contributed by atoms with Crippen molar-refractivity contribution in [3.8, 4) is 0 Å². The van der Waals surface area contributed by atoms with Crippen LogP contribution in [0.5, 0.6) is 0 Å². The van der Waals surface area contributed by atoms with Gasteiger partial charge in [0.15, 0.2) is 0 Å². The maximum atomic E-state index is 13.3. The summed E-state index contributed by atoms with van der Waals surface area (Å²) >= 11 is 0. The van der Waals surface area contributed by atoms with Crippen LogP contribution in [0.1, 0.15) is 59.2 Å². The van der Waals surface area contributed by atoms with Gasteiger partial charge in [-0.15, -0.1) is 0 Å². The molecule has 1 aliphatic heterocycles. The number of piperidine rings is 1. The first-order valence-corrected chi connectivity index (χ1v) is 10.8. The highest BCUT2D eigenvalue weighted by Gasteiger charge is 2.47. The summed E-state index contributed by atoms with van der Waals surface area (Å²) < 4.78 is 4.78. The molecule has 1 saturated carbocycles. The first-order chi connectivity index (χ1) is 14.5. The third-order valence-corrected chi connectivity index (χ3v) is 6.36. The first-order valence-electron chi connectivity index (χ1n) is 10.8. The van der Waals surface area contributed by atoms with Crippen molar-refractivity contribution in [1.29, 1.82) is 0 Å². The Labute approximate surface area is 178 Å². The van der Waals surface area contributed by atoms with Gasteiger partial charge >= 0.3 is 5.97 Å². The topological polar surface area (TPSA) is 58.6 Å². The standard InChI is InChI=1S/C25H30N2O3/c1-18-6-5-7-19(16-18)17-27-15-4-3-8-22(27)23(28)26-25(13-14-25)21-11-9-20(10-12-21)24(29)30-2/h5-7,9-12,16,22H,3-4,8,13-15,17H2,1-2H3,(H,26,28)/t22-/m1/s1. The van der Waals surface area contributed by atoms with E-state index in [1.54, 1.807) is 12.1 Å². The molecule has 0 unspecified atom stereocenters. The lowest BCUT2D eigenvalue weighted by molar-refractivity contribution is -0.129. The zero-order valence-electron chi connectivity index (χ0n) is 17.8. The van der Waals surface area contributed by atoms with Crippen LogP contribution in [-0.4, -0.2) is 36.5 Å². The number of hydrogen-bond donors (Lipinski definition) is 1. The molecule has 2 aromatic rings. The van der Waals surface area contributed by atoms with Gasteiger partial charge in [0.1, 0.15) is 0 Å². The van der Waals surface area contributed by atoms with E-state index >= 15 is 0 Å². The summed E-state index contributed by atoms with van der Waals surface area (Å²) in [6, 6.07) is 15.9. The number of hydrogen-bond acceptors (Lipinski definition) is 4. The van der Waals surface area contributed by atoms with Crippen LogP contribution >= 0.6 is 0 Å². The number of amides is 1. The summed E-state index contributed by atoms with van der Waals surface area (Å²) in [6.45, 7) is 3.86. The number of rotatable bonds is 6. The molecule has 2 aliphatic rings. The minimum Gasteiger partial charge on any atom is -0.465 e. The minimum atomic E-state index is -0.343. The van der Waals surface area contributed by atoms with Gasteiger partial charge in [-0.05, 0) is 62.4 Å². The molecule has 1 atom stereocenters. The van der Waals surface area contributed by atoms with Crippen molar-refractivity contribution in [3.63, 3.8) is 0 Å². The number of esters is 1. The van der Waals surface area contributed by atoms with E-state index in [9.17, 15) is 9.59 Å². The smallest absolute Gasteiger partial charge is 0.337 e. The van der Waals surface area contributed by atoms with E-state index < -0.39 is 0 Å². The third kappa shape index (κ3) is 4.41. The second-order valence-electron chi connectivity index (χ2n) is 8.61. The Hall–Kier alpha value is -2.66. The predicted octanol–water partition coefficient (Wildman–Crippen LogP) is 3.94. The van der Waals surface area contributed by atoms with Gasteiger partial charge < -0.3 is 10.1 Å². The predicted molar refractivity (Wildman–Crippen MR) is 116 cm³/mol. The monoisotopic (exact) mass is 406 g/mol. The Morgan fingerprint density at radius 3 is 2.57 bits per heavy atom. The molecule has 0 spiro atoms. The van der Waals surface area contributed by atoms with Crippen LogP contribution in [0.2, 0.25) is 0 Å². The van der Waals surface area contributed by atoms with Gasteiger partial charge in [-0.1, -0.05) is 48.4 Å². The number of nitrogens with zero attached hydrogens (tertiary/aromatic N) is 1. The summed E-state index contributed by atoms with van der Waals surface area (Å²) in [7, 11) is 1.38. The van der Waals surface area contributed by atoms with Crippen LogP contribution in [0.25, 0.3) is 0 Å². The van der Waals surface area contributed by atoms with Crippen molar-refractivity contribution in [2.45, 2.75) is 57.2 Å². The lowest BCUT2D eigenvalue weighted by Crippen LogP contribution is -2.51. The lowest BCUT2D eigenvalue weighted by Gasteiger charge is -2.36. The van der Waals surface area contributed by atoms with Gasteiger partial charge in [0.25, 0.3) is 0 Å². The number of likely N-dealkylation sites (tertiary alicyclic amines) is 1. The summed E-state index contributed by atoms with van der Waals surface area (Å²) in [4.78, 5) is 27.3. The fourth-order valence-corrected chi connectivity index (χ4v) is 4.50. The van der Waals surface area contributed by atoms with Gasteiger partial charge in [-0.25, -0.2) is 4.79 Å². The average Bonchev–Trinajstić information content (AvgIpc) is 3.54. The zero-order chi connectivity index (χ0) is 21.1. The molecule has 2 fully saturated rings. The second kappa shape index (κ2) is 8.60. The number of benzene rings is 2. The number of carbonyl (C=O) groups is 2. The summed E-state index contributed by atoms with van der Waals surface area (Å²) in [5.74, 6) is -0.221. The number of nitrogens with one attached hydrogen (secondary N) is 1. The van der Waals surface area contributed by atoms with E-state index in [0.717, 1.165) is 50.8 Å². The molecule has 4 rings (SSSR count). The maximum Gasteiger partial charge on any atom is 0.337 e. The molecule has 1 heterocycles. The number of ether oxygens (including phenoxy) is 1. The van der Waals surface area contributed by atoms with Crippen LogP contribution in [-0.2, 0) is 21.6 Å². The number of aryl methyl sites for hydroxylation is 1. The van der Waals surface area contributed by atoms with E-state index in [4.69, 9.17) is 4.74 Å². The molecule has 1 amide bonds. The van der Waals surface area contributed by atoms with Gasteiger partial charge in [-0.3, -0.25) is 9.69 Å². The van der Waals surface area contributed by atoms with Gasteiger partial charge in [0.05, 0.1) is 24.3 Å². The van der Waals surface area contributed by atoms with Crippen molar-refractivity contribution in [3.05, 3.63) is 70.8 Å². The van der Waals surface area contributed by atoms with E-state index in [-0.39, 0.29) is 23.5 Å². The van der Waals surface area contributed by atoms with E-state index in [2.05, 4.69) is 41.4 Å². The molecular weight excluding hydrogens is 376 g/mol. The van der Waals surface area contributed by atoms with Crippen LogP contribution in [0.4, 0.5) is 0 Å². The maximum absolute atomic E-state index is 13.3. The Bertz CT molecular complexity index is 918. The molecule has 1 N–H and O–H groups in total. The Morgan fingerprint density at radius 1 is 1.13 bits per heavy atom. The molecule has 5 heteroatoms. The van der Waals surface area contributed by atoms with Gasteiger partial charge in [0.2, 0.25) is 5.91 Å². The number of methoxy groups -OCH3 is 1. The minimum absolute atomic E-state index is 0.0916. The molecular formula is C25H30N2O3. The average molecular weight is 407 g/mol. The molecule has 158 valence electrons. The summed E-state index contributed by atoms with van der Waals surface area (Å²) in [6.07, 6.45) is 4.98. The normalized spacial score (nSPS) is 20.4. The van der Waals surface area contributed by atoms with Crippen molar-refractivity contribution in [2.24, 2.45) is 0 Å². The Morgan fingerprint density at radius 2 is 1.90 bits per heavy atom. The molecule has 1 saturated heterocycles. The molecule has 5 nitrogen and oxygen atoms in total. The van der Waals surface area contributed by atoms with E-state index in [1.165, 1.54) is 18.2 Å². The Kier molecular flexibility index (Phi) is 5.91. The highest BCUT2D eigenvalue weighted by atomic mass is 16.5.